The van der Waals surface area contributed by atoms with E-state index in [0.717, 1.165) is 30.5 Å². The molecule has 4 heteroatoms. The molecule has 3 nitrogen and oxygen atoms in total. The lowest BCUT2D eigenvalue weighted by molar-refractivity contribution is 0.241. The smallest absolute Gasteiger partial charge is 0.314 e. The van der Waals surface area contributed by atoms with Crippen molar-refractivity contribution < 1.29 is 4.79 Å². The molecular weight excluding hydrogens is 256 g/mol. The van der Waals surface area contributed by atoms with Gasteiger partial charge in [-0.15, -0.1) is 0 Å². The Morgan fingerprint density at radius 3 is 2.68 bits per heavy atom. The largest absolute Gasteiger partial charge is 0.338 e. The van der Waals surface area contributed by atoms with Gasteiger partial charge in [0.25, 0.3) is 0 Å². The maximum absolute atomic E-state index is 11.4. The number of carbonyl (C=O) groups is 1. The van der Waals surface area contributed by atoms with Crippen molar-refractivity contribution in [1.82, 2.24) is 10.6 Å². The molecule has 1 aromatic rings. The first-order chi connectivity index (χ1) is 9.24. The van der Waals surface area contributed by atoms with Gasteiger partial charge < -0.3 is 10.6 Å². The summed E-state index contributed by atoms with van der Waals surface area (Å²) in [7, 11) is 0. The van der Waals surface area contributed by atoms with Gasteiger partial charge in [-0.1, -0.05) is 29.8 Å². The third-order valence-electron chi connectivity index (χ3n) is 3.17. The summed E-state index contributed by atoms with van der Waals surface area (Å²) in [5.41, 5.74) is 2.64. The molecule has 1 aromatic carbocycles. The minimum atomic E-state index is -0.0252. The highest BCUT2D eigenvalue weighted by molar-refractivity contribution is 7.98. The monoisotopic (exact) mass is 278 g/mol. The zero-order valence-corrected chi connectivity index (χ0v) is 12.3. The maximum Gasteiger partial charge on any atom is 0.314 e. The van der Waals surface area contributed by atoms with E-state index in [0.29, 0.717) is 0 Å². The van der Waals surface area contributed by atoms with Gasteiger partial charge in [0.1, 0.15) is 0 Å². The number of aryl methyl sites for hydroxylation is 1. The van der Waals surface area contributed by atoms with Crippen molar-refractivity contribution in [2.75, 3.05) is 18.8 Å². The molecule has 0 atom stereocenters. The zero-order valence-electron chi connectivity index (χ0n) is 11.4. The molecule has 0 unspecified atom stereocenters. The van der Waals surface area contributed by atoms with Crippen molar-refractivity contribution in [2.24, 2.45) is 5.92 Å². The second-order valence-corrected chi connectivity index (χ2v) is 6.22. The number of thioether (sulfide) groups is 1. The number of nitrogens with one attached hydrogen (secondary N) is 2. The van der Waals surface area contributed by atoms with E-state index in [1.807, 2.05) is 11.8 Å². The quantitative estimate of drug-likeness (QED) is 0.753. The van der Waals surface area contributed by atoms with E-state index in [4.69, 9.17) is 0 Å². The summed E-state index contributed by atoms with van der Waals surface area (Å²) in [6.45, 7) is 3.66. The Labute approximate surface area is 119 Å². The van der Waals surface area contributed by atoms with Crippen LogP contribution in [0.3, 0.4) is 0 Å². The Bertz CT molecular complexity index is 401. The predicted octanol–water partition coefficient (Wildman–Crippen LogP) is 2.94. The first-order valence-corrected chi connectivity index (χ1v) is 8.04. The van der Waals surface area contributed by atoms with Crippen LogP contribution in [0, 0.1) is 12.8 Å². The van der Waals surface area contributed by atoms with Crippen molar-refractivity contribution >= 4 is 17.8 Å². The van der Waals surface area contributed by atoms with Crippen molar-refractivity contribution in [2.45, 2.75) is 25.5 Å². The summed E-state index contributed by atoms with van der Waals surface area (Å²) >= 11 is 1.85. The molecule has 2 amide bonds. The zero-order chi connectivity index (χ0) is 13.5. The molecule has 0 aromatic heterocycles. The Hall–Kier alpha value is -1.16. The van der Waals surface area contributed by atoms with Gasteiger partial charge in [-0.25, -0.2) is 4.79 Å². The lowest BCUT2D eigenvalue weighted by atomic mass is 10.2. The van der Waals surface area contributed by atoms with Crippen molar-refractivity contribution in [3.8, 4) is 0 Å². The van der Waals surface area contributed by atoms with Gasteiger partial charge in [-0.2, -0.15) is 11.8 Å². The molecule has 0 spiro atoms. The standard InChI is InChI=1S/C15H22N2OS/c1-12-2-4-14(5-3-12)11-19-9-8-16-15(18)17-10-13-6-7-13/h2-5,13H,6-11H2,1H3,(H2,16,17,18). The number of amides is 2. The molecule has 0 aliphatic heterocycles. The number of urea groups is 1. The molecular formula is C15H22N2OS. The van der Waals surface area contributed by atoms with Crippen LogP contribution in [-0.2, 0) is 5.75 Å². The van der Waals surface area contributed by atoms with Crippen LogP contribution in [0.5, 0.6) is 0 Å². The SMILES string of the molecule is Cc1ccc(CSCCNC(=O)NCC2CC2)cc1. The predicted molar refractivity (Wildman–Crippen MR) is 81.5 cm³/mol. The van der Waals surface area contributed by atoms with E-state index in [1.165, 1.54) is 24.0 Å². The lowest BCUT2D eigenvalue weighted by Crippen LogP contribution is -2.37. The molecule has 0 radical (unpaired) electrons. The van der Waals surface area contributed by atoms with E-state index in [-0.39, 0.29) is 6.03 Å². The van der Waals surface area contributed by atoms with Crippen molar-refractivity contribution in [1.29, 1.82) is 0 Å². The van der Waals surface area contributed by atoms with Crippen LogP contribution in [0.25, 0.3) is 0 Å². The number of benzene rings is 1. The van der Waals surface area contributed by atoms with E-state index < -0.39 is 0 Å². The van der Waals surface area contributed by atoms with Gasteiger partial charge in [0, 0.05) is 24.6 Å². The summed E-state index contributed by atoms with van der Waals surface area (Å²) in [4.78, 5) is 11.4. The molecule has 1 aliphatic rings. The fraction of sp³-hybridized carbons (Fsp3) is 0.533. The molecule has 1 aliphatic carbocycles. The second-order valence-electron chi connectivity index (χ2n) is 5.12. The minimum Gasteiger partial charge on any atom is -0.338 e. The van der Waals surface area contributed by atoms with Crippen LogP contribution in [0.15, 0.2) is 24.3 Å². The maximum atomic E-state index is 11.4. The Morgan fingerprint density at radius 1 is 1.26 bits per heavy atom. The van der Waals surface area contributed by atoms with Crippen LogP contribution >= 0.6 is 11.8 Å². The van der Waals surface area contributed by atoms with Crippen molar-refractivity contribution in [3.63, 3.8) is 0 Å². The average molecular weight is 278 g/mol. The fourth-order valence-corrected chi connectivity index (χ4v) is 2.55. The number of carbonyl (C=O) groups excluding carboxylic acids is 1. The van der Waals surface area contributed by atoms with Gasteiger partial charge in [-0.3, -0.25) is 0 Å². The van der Waals surface area contributed by atoms with Gasteiger partial charge in [0.2, 0.25) is 0 Å². The molecule has 0 bridgehead atoms. The number of hydrogen-bond acceptors (Lipinski definition) is 2. The summed E-state index contributed by atoms with van der Waals surface area (Å²) in [6.07, 6.45) is 2.54. The highest BCUT2D eigenvalue weighted by Crippen LogP contribution is 2.27. The van der Waals surface area contributed by atoms with Crippen LogP contribution in [0.2, 0.25) is 0 Å². The molecule has 104 valence electrons. The van der Waals surface area contributed by atoms with Crippen LogP contribution in [0.1, 0.15) is 24.0 Å². The third kappa shape index (κ3) is 6.01. The van der Waals surface area contributed by atoms with Gasteiger partial charge >= 0.3 is 6.03 Å². The van der Waals surface area contributed by atoms with Crippen LogP contribution < -0.4 is 10.6 Å². The number of rotatable bonds is 7. The first kappa shape index (κ1) is 14.3. The second kappa shape index (κ2) is 7.43. The molecule has 1 fully saturated rings. The Kier molecular flexibility index (Phi) is 5.58. The highest BCUT2D eigenvalue weighted by atomic mass is 32.2. The van der Waals surface area contributed by atoms with Crippen LogP contribution in [0.4, 0.5) is 4.79 Å². The molecule has 19 heavy (non-hydrogen) atoms. The molecule has 0 saturated heterocycles. The van der Waals surface area contributed by atoms with E-state index in [2.05, 4.69) is 41.8 Å². The van der Waals surface area contributed by atoms with Crippen LogP contribution in [-0.4, -0.2) is 24.9 Å². The summed E-state index contributed by atoms with van der Waals surface area (Å²) < 4.78 is 0. The lowest BCUT2D eigenvalue weighted by Gasteiger charge is -2.07. The topological polar surface area (TPSA) is 41.1 Å². The Balaban J connectivity index is 1.49. The normalized spacial score (nSPS) is 14.2. The molecule has 0 heterocycles. The van der Waals surface area contributed by atoms with Gasteiger partial charge in [0.15, 0.2) is 0 Å². The molecule has 2 rings (SSSR count). The first-order valence-electron chi connectivity index (χ1n) is 6.89. The summed E-state index contributed by atoms with van der Waals surface area (Å²) in [5, 5.41) is 5.79. The molecule has 2 N–H and O–H groups in total. The van der Waals surface area contributed by atoms with E-state index in [1.54, 1.807) is 0 Å². The van der Waals surface area contributed by atoms with E-state index >= 15 is 0 Å². The molecule has 1 saturated carbocycles. The number of hydrogen-bond donors (Lipinski definition) is 2. The minimum absolute atomic E-state index is 0.0252. The van der Waals surface area contributed by atoms with Crippen molar-refractivity contribution in [3.05, 3.63) is 35.4 Å². The summed E-state index contributed by atoms with van der Waals surface area (Å²) in [5.74, 6) is 2.69. The van der Waals surface area contributed by atoms with Gasteiger partial charge in [0.05, 0.1) is 0 Å². The van der Waals surface area contributed by atoms with Gasteiger partial charge in [-0.05, 0) is 31.2 Å². The average Bonchev–Trinajstić information content (AvgIpc) is 3.22. The summed E-state index contributed by atoms with van der Waals surface area (Å²) in [6, 6.07) is 8.58. The fourth-order valence-electron chi connectivity index (χ4n) is 1.73. The third-order valence-corrected chi connectivity index (χ3v) is 4.20. The highest BCUT2D eigenvalue weighted by Gasteiger charge is 2.21. The Morgan fingerprint density at radius 2 is 2.00 bits per heavy atom. The van der Waals surface area contributed by atoms with E-state index in [9.17, 15) is 4.79 Å².